The minimum atomic E-state index is -1.35. The van der Waals surface area contributed by atoms with Gasteiger partial charge in [0.05, 0.1) is 5.56 Å². The van der Waals surface area contributed by atoms with Gasteiger partial charge in [-0.05, 0) is 24.0 Å². The summed E-state index contributed by atoms with van der Waals surface area (Å²) in [6.45, 7) is 4.69. The highest BCUT2D eigenvalue weighted by atomic mass is 19.2. The van der Waals surface area contributed by atoms with Crippen molar-refractivity contribution in [1.82, 2.24) is 0 Å². The van der Waals surface area contributed by atoms with E-state index in [0.29, 0.717) is 5.56 Å². The molecule has 2 rings (SSSR count). The molecule has 0 aliphatic carbocycles. The topological polar surface area (TPSA) is 0 Å². The van der Waals surface area contributed by atoms with Crippen LogP contribution >= 0.6 is 0 Å². The van der Waals surface area contributed by atoms with Crippen LogP contribution in [-0.4, -0.2) is 0 Å². The minimum Gasteiger partial charge on any atom is -0.203 e. The van der Waals surface area contributed by atoms with Crippen LogP contribution in [0.3, 0.4) is 0 Å². The van der Waals surface area contributed by atoms with E-state index in [9.17, 15) is 17.6 Å². The van der Waals surface area contributed by atoms with Crippen molar-refractivity contribution in [3.05, 3.63) is 58.7 Å². The normalized spacial score (nSPS) is 11.2. The summed E-state index contributed by atoms with van der Waals surface area (Å²) in [5.74, 6) is -5.43. The first-order valence-electron chi connectivity index (χ1n) is 6.28. The van der Waals surface area contributed by atoms with Gasteiger partial charge in [-0.15, -0.1) is 0 Å². The molecule has 0 aromatic heterocycles. The van der Waals surface area contributed by atoms with Gasteiger partial charge in [-0.2, -0.15) is 0 Å². The fourth-order valence-electron chi connectivity index (χ4n) is 2.21. The van der Waals surface area contributed by atoms with Gasteiger partial charge < -0.3 is 0 Å². The van der Waals surface area contributed by atoms with Crippen LogP contribution in [0.4, 0.5) is 17.6 Å². The Morgan fingerprint density at radius 3 is 1.80 bits per heavy atom. The Bertz CT molecular complexity index is 631. The minimum absolute atomic E-state index is 0.0302. The first kappa shape index (κ1) is 14.6. The lowest BCUT2D eigenvalue weighted by Gasteiger charge is -2.15. The maximum atomic E-state index is 14.1. The van der Waals surface area contributed by atoms with Crippen molar-refractivity contribution in [2.75, 3.05) is 0 Å². The van der Waals surface area contributed by atoms with Crippen LogP contribution in [0.25, 0.3) is 11.1 Å². The molecule has 0 saturated heterocycles. The van der Waals surface area contributed by atoms with E-state index in [1.807, 2.05) is 13.8 Å². The summed E-state index contributed by atoms with van der Waals surface area (Å²) < 4.78 is 55.4. The average Bonchev–Trinajstić information content (AvgIpc) is 2.43. The quantitative estimate of drug-likeness (QED) is 0.515. The third-order valence-corrected chi connectivity index (χ3v) is 3.34. The van der Waals surface area contributed by atoms with Crippen molar-refractivity contribution in [2.45, 2.75) is 26.7 Å². The van der Waals surface area contributed by atoms with E-state index in [2.05, 4.69) is 0 Å². The molecule has 0 atom stereocenters. The lowest BCUT2D eigenvalue weighted by molar-refractivity contribution is 0.449. The molecule has 0 heterocycles. The molecule has 106 valence electrons. The number of hydrogen-bond donors (Lipinski definition) is 0. The molecule has 4 heteroatoms. The zero-order chi connectivity index (χ0) is 15.0. The molecule has 2 aromatic rings. The van der Waals surface area contributed by atoms with E-state index in [-0.39, 0.29) is 11.5 Å². The maximum Gasteiger partial charge on any atom is 0.170 e. The summed E-state index contributed by atoms with van der Waals surface area (Å²) in [6.07, 6.45) is 0. The number of halogens is 4. The predicted molar refractivity (Wildman–Crippen MR) is 70.5 cm³/mol. The van der Waals surface area contributed by atoms with Crippen molar-refractivity contribution in [3.63, 3.8) is 0 Å². The Labute approximate surface area is 115 Å². The van der Waals surface area contributed by atoms with Crippen LogP contribution in [0.5, 0.6) is 0 Å². The second-order valence-corrected chi connectivity index (χ2v) is 5.00. The fourth-order valence-corrected chi connectivity index (χ4v) is 2.21. The van der Waals surface area contributed by atoms with Crippen molar-refractivity contribution < 1.29 is 17.6 Å². The molecule has 0 spiro atoms. The van der Waals surface area contributed by atoms with E-state index in [0.717, 1.165) is 6.92 Å². The Kier molecular flexibility index (Phi) is 3.84. The summed E-state index contributed by atoms with van der Waals surface area (Å²) in [7, 11) is 0. The third-order valence-electron chi connectivity index (χ3n) is 3.34. The number of rotatable bonds is 2. The lowest BCUT2D eigenvalue weighted by atomic mass is 9.91. The van der Waals surface area contributed by atoms with Gasteiger partial charge in [-0.1, -0.05) is 38.1 Å². The monoisotopic (exact) mass is 282 g/mol. The lowest BCUT2D eigenvalue weighted by Crippen LogP contribution is -2.05. The molecule has 0 bridgehead atoms. The molecular weight excluding hydrogens is 268 g/mol. The molecule has 0 aliphatic rings. The maximum absolute atomic E-state index is 14.1. The second-order valence-electron chi connectivity index (χ2n) is 5.00. The van der Waals surface area contributed by atoms with Crippen molar-refractivity contribution >= 4 is 0 Å². The van der Waals surface area contributed by atoms with Gasteiger partial charge in [0, 0.05) is 5.56 Å². The Morgan fingerprint density at radius 1 is 0.800 bits per heavy atom. The zero-order valence-electron chi connectivity index (χ0n) is 11.4. The largest absolute Gasteiger partial charge is 0.203 e. The molecule has 0 fully saturated rings. The molecule has 2 aromatic carbocycles. The van der Waals surface area contributed by atoms with E-state index < -0.39 is 34.4 Å². The fraction of sp³-hybridized carbons (Fsp3) is 0.250. The zero-order valence-corrected chi connectivity index (χ0v) is 11.4. The first-order chi connectivity index (χ1) is 9.36. The van der Waals surface area contributed by atoms with Crippen LogP contribution in [0.1, 0.15) is 30.9 Å². The summed E-state index contributed by atoms with van der Waals surface area (Å²) in [5.41, 5.74) is -0.482. The van der Waals surface area contributed by atoms with E-state index in [1.54, 1.807) is 18.2 Å². The van der Waals surface area contributed by atoms with Gasteiger partial charge in [-0.3, -0.25) is 0 Å². The van der Waals surface area contributed by atoms with Gasteiger partial charge in [-0.25, -0.2) is 17.6 Å². The summed E-state index contributed by atoms with van der Waals surface area (Å²) in [4.78, 5) is 0. The highest BCUT2D eigenvalue weighted by Crippen LogP contribution is 2.35. The van der Waals surface area contributed by atoms with Crippen LogP contribution in [0.2, 0.25) is 0 Å². The van der Waals surface area contributed by atoms with E-state index in [4.69, 9.17) is 0 Å². The van der Waals surface area contributed by atoms with Gasteiger partial charge in [0.15, 0.2) is 23.3 Å². The average molecular weight is 282 g/mol. The van der Waals surface area contributed by atoms with Crippen molar-refractivity contribution in [3.8, 4) is 11.1 Å². The molecule has 0 N–H and O–H groups in total. The smallest absolute Gasteiger partial charge is 0.170 e. The molecule has 0 amide bonds. The SMILES string of the molecule is Cc1c(F)c(F)c(-c2ccccc2C(C)C)c(F)c1F. The van der Waals surface area contributed by atoms with Crippen molar-refractivity contribution in [1.29, 1.82) is 0 Å². The predicted octanol–water partition coefficient (Wildman–Crippen LogP) is 5.34. The molecule has 20 heavy (non-hydrogen) atoms. The molecular formula is C16H14F4. The summed E-state index contributed by atoms with van der Waals surface area (Å²) in [5, 5.41) is 0. The van der Waals surface area contributed by atoms with E-state index in [1.165, 1.54) is 6.07 Å². The third kappa shape index (κ3) is 2.19. The Balaban J connectivity index is 2.84. The van der Waals surface area contributed by atoms with Gasteiger partial charge in [0.1, 0.15) is 0 Å². The first-order valence-corrected chi connectivity index (χ1v) is 6.28. The van der Waals surface area contributed by atoms with Crippen molar-refractivity contribution in [2.24, 2.45) is 0 Å². The van der Waals surface area contributed by atoms with Gasteiger partial charge >= 0.3 is 0 Å². The van der Waals surface area contributed by atoms with E-state index >= 15 is 0 Å². The molecule has 0 nitrogen and oxygen atoms in total. The Hall–Kier alpha value is -1.84. The van der Waals surface area contributed by atoms with Crippen LogP contribution in [0, 0.1) is 30.2 Å². The molecule has 0 aliphatic heterocycles. The Morgan fingerprint density at radius 2 is 1.30 bits per heavy atom. The van der Waals surface area contributed by atoms with Crippen LogP contribution < -0.4 is 0 Å². The summed E-state index contributed by atoms with van der Waals surface area (Å²) in [6, 6.07) is 6.45. The standard InChI is InChI=1S/C16H14F4/c1-8(2)10-6-4-5-7-11(10)12-15(19)13(17)9(3)14(18)16(12)20/h4-8H,1-3H3. The van der Waals surface area contributed by atoms with Crippen LogP contribution in [-0.2, 0) is 0 Å². The molecule has 0 unspecified atom stereocenters. The number of benzene rings is 2. The molecule has 0 saturated carbocycles. The highest BCUT2D eigenvalue weighted by molar-refractivity contribution is 5.70. The van der Waals surface area contributed by atoms with Gasteiger partial charge in [0.2, 0.25) is 0 Å². The highest BCUT2D eigenvalue weighted by Gasteiger charge is 2.25. The number of hydrogen-bond acceptors (Lipinski definition) is 0. The second kappa shape index (κ2) is 5.27. The van der Waals surface area contributed by atoms with Gasteiger partial charge in [0.25, 0.3) is 0 Å². The van der Waals surface area contributed by atoms with Crippen LogP contribution in [0.15, 0.2) is 24.3 Å². The molecule has 0 radical (unpaired) electrons. The summed E-state index contributed by atoms with van der Waals surface area (Å²) >= 11 is 0.